The van der Waals surface area contributed by atoms with Gasteiger partial charge in [-0.1, -0.05) is 0 Å². The first-order valence-electron chi connectivity index (χ1n) is 4.60. The maximum Gasteiger partial charge on any atom is 0.249 e. The summed E-state index contributed by atoms with van der Waals surface area (Å²) in [7, 11) is 3.50. The maximum atomic E-state index is 11.8. The summed E-state index contributed by atoms with van der Waals surface area (Å²) in [6, 6.07) is 1.89. The standard InChI is InChI=1S/C10H17N3O/c1-8-6-7-13(11-8)10(2,3)9(14)12(4)5/h6-7H,1-5H3. The van der Waals surface area contributed by atoms with Gasteiger partial charge in [0.2, 0.25) is 5.91 Å². The van der Waals surface area contributed by atoms with E-state index in [9.17, 15) is 4.79 Å². The summed E-state index contributed by atoms with van der Waals surface area (Å²) in [6.45, 7) is 5.64. The number of hydrogen-bond donors (Lipinski definition) is 0. The van der Waals surface area contributed by atoms with Gasteiger partial charge in [0.15, 0.2) is 0 Å². The van der Waals surface area contributed by atoms with Crippen LogP contribution in [0.2, 0.25) is 0 Å². The molecule has 0 fully saturated rings. The van der Waals surface area contributed by atoms with Crippen molar-refractivity contribution in [3.63, 3.8) is 0 Å². The summed E-state index contributed by atoms with van der Waals surface area (Å²) < 4.78 is 1.70. The zero-order valence-corrected chi connectivity index (χ0v) is 9.40. The quantitative estimate of drug-likeness (QED) is 0.706. The number of aromatic nitrogens is 2. The summed E-state index contributed by atoms with van der Waals surface area (Å²) in [5.74, 6) is 0.0422. The Hall–Kier alpha value is -1.32. The van der Waals surface area contributed by atoms with Gasteiger partial charge in [0.05, 0.1) is 5.69 Å². The maximum absolute atomic E-state index is 11.8. The lowest BCUT2D eigenvalue weighted by Gasteiger charge is -2.27. The first-order chi connectivity index (χ1) is 6.35. The van der Waals surface area contributed by atoms with Gasteiger partial charge in [0.25, 0.3) is 0 Å². The number of aryl methyl sites for hydroxylation is 1. The topological polar surface area (TPSA) is 38.1 Å². The molecule has 0 saturated carbocycles. The number of amides is 1. The number of rotatable bonds is 2. The van der Waals surface area contributed by atoms with E-state index in [1.165, 1.54) is 0 Å². The fourth-order valence-electron chi connectivity index (χ4n) is 1.37. The third-order valence-corrected chi connectivity index (χ3v) is 2.22. The number of carbonyl (C=O) groups excluding carboxylic acids is 1. The van der Waals surface area contributed by atoms with Crippen LogP contribution in [-0.4, -0.2) is 34.7 Å². The number of hydrogen-bond acceptors (Lipinski definition) is 2. The Bertz CT molecular complexity index is 339. The molecule has 0 spiro atoms. The predicted molar refractivity (Wildman–Crippen MR) is 55.0 cm³/mol. The van der Waals surface area contributed by atoms with E-state index in [2.05, 4.69) is 5.10 Å². The Morgan fingerprint density at radius 1 is 1.50 bits per heavy atom. The molecule has 14 heavy (non-hydrogen) atoms. The van der Waals surface area contributed by atoms with Gasteiger partial charge in [-0.15, -0.1) is 0 Å². The minimum atomic E-state index is -0.613. The summed E-state index contributed by atoms with van der Waals surface area (Å²) in [4.78, 5) is 13.4. The molecule has 1 heterocycles. The van der Waals surface area contributed by atoms with Gasteiger partial charge in [0, 0.05) is 20.3 Å². The zero-order chi connectivity index (χ0) is 10.9. The van der Waals surface area contributed by atoms with Crippen LogP contribution in [0.1, 0.15) is 19.5 Å². The highest BCUT2D eigenvalue weighted by atomic mass is 16.2. The van der Waals surface area contributed by atoms with Crippen molar-refractivity contribution in [3.8, 4) is 0 Å². The van der Waals surface area contributed by atoms with E-state index in [0.717, 1.165) is 5.69 Å². The van der Waals surface area contributed by atoms with E-state index in [1.807, 2.05) is 33.0 Å². The average Bonchev–Trinajstić information content (AvgIpc) is 2.50. The van der Waals surface area contributed by atoms with Crippen LogP contribution in [0.25, 0.3) is 0 Å². The fourth-order valence-corrected chi connectivity index (χ4v) is 1.37. The molecule has 1 amide bonds. The summed E-state index contributed by atoms with van der Waals surface area (Å²) in [6.07, 6.45) is 1.83. The van der Waals surface area contributed by atoms with Crippen molar-refractivity contribution in [1.82, 2.24) is 14.7 Å². The van der Waals surface area contributed by atoms with Crippen molar-refractivity contribution < 1.29 is 4.79 Å². The second-order valence-corrected chi connectivity index (χ2v) is 4.16. The Morgan fingerprint density at radius 3 is 2.43 bits per heavy atom. The Balaban J connectivity index is 3.01. The van der Waals surface area contributed by atoms with Gasteiger partial charge >= 0.3 is 0 Å². The van der Waals surface area contributed by atoms with E-state index in [4.69, 9.17) is 0 Å². The van der Waals surface area contributed by atoms with Gasteiger partial charge in [0.1, 0.15) is 5.54 Å². The van der Waals surface area contributed by atoms with E-state index in [-0.39, 0.29) is 5.91 Å². The normalized spacial score (nSPS) is 11.5. The molecule has 0 aromatic carbocycles. The molecular weight excluding hydrogens is 178 g/mol. The lowest BCUT2D eigenvalue weighted by atomic mass is 10.0. The monoisotopic (exact) mass is 195 g/mol. The van der Waals surface area contributed by atoms with Crippen LogP contribution in [-0.2, 0) is 10.3 Å². The predicted octanol–water partition coefficient (Wildman–Crippen LogP) is 1.01. The molecule has 4 heteroatoms. The first-order valence-corrected chi connectivity index (χ1v) is 4.60. The largest absolute Gasteiger partial charge is 0.347 e. The van der Waals surface area contributed by atoms with E-state index >= 15 is 0 Å². The van der Waals surface area contributed by atoms with Crippen molar-refractivity contribution in [2.75, 3.05) is 14.1 Å². The first kappa shape index (κ1) is 10.8. The number of likely N-dealkylation sites (N-methyl/N-ethyl adjacent to an activating group) is 1. The van der Waals surface area contributed by atoms with Crippen LogP contribution in [0.3, 0.4) is 0 Å². The molecule has 0 radical (unpaired) electrons. The minimum Gasteiger partial charge on any atom is -0.347 e. The fraction of sp³-hybridized carbons (Fsp3) is 0.600. The highest BCUT2D eigenvalue weighted by Crippen LogP contribution is 2.16. The van der Waals surface area contributed by atoms with E-state index in [1.54, 1.807) is 23.7 Å². The lowest BCUT2D eigenvalue weighted by molar-refractivity contribution is -0.137. The Morgan fingerprint density at radius 2 is 2.07 bits per heavy atom. The van der Waals surface area contributed by atoms with Crippen LogP contribution in [0, 0.1) is 6.92 Å². The van der Waals surface area contributed by atoms with E-state index in [0.29, 0.717) is 0 Å². The lowest BCUT2D eigenvalue weighted by Crippen LogP contribution is -2.44. The average molecular weight is 195 g/mol. The van der Waals surface area contributed by atoms with Crippen LogP contribution in [0.4, 0.5) is 0 Å². The van der Waals surface area contributed by atoms with Crippen molar-refractivity contribution in [2.45, 2.75) is 26.3 Å². The number of carbonyl (C=O) groups is 1. The van der Waals surface area contributed by atoms with Gasteiger partial charge in [-0.25, -0.2) is 0 Å². The smallest absolute Gasteiger partial charge is 0.249 e. The molecule has 0 saturated heterocycles. The van der Waals surface area contributed by atoms with Crippen molar-refractivity contribution in [1.29, 1.82) is 0 Å². The second kappa shape index (κ2) is 3.44. The zero-order valence-electron chi connectivity index (χ0n) is 9.40. The van der Waals surface area contributed by atoms with E-state index < -0.39 is 5.54 Å². The molecule has 1 rings (SSSR count). The Labute approximate surface area is 84.5 Å². The summed E-state index contributed by atoms with van der Waals surface area (Å²) in [5.41, 5.74) is 0.308. The molecule has 0 N–H and O–H groups in total. The minimum absolute atomic E-state index is 0.0422. The van der Waals surface area contributed by atoms with Crippen molar-refractivity contribution >= 4 is 5.91 Å². The molecule has 0 bridgehead atoms. The molecule has 0 aliphatic rings. The van der Waals surface area contributed by atoms with Crippen LogP contribution < -0.4 is 0 Å². The SMILES string of the molecule is Cc1ccn(C(C)(C)C(=O)N(C)C)n1. The van der Waals surface area contributed by atoms with Crippen molar-refractivity contribution in [2.24, 2.45) is 0 Å². The molecule has 4 nitrogen and oxygen atoms in total. The number of nitrogens with zero attached hydrogens (tertiary/aromatic N) is 3. The van der Waals surface area contributed by atoms with Crippen molar-refractivity contribution in [3.05, 3.63) is 18.0 Å². The second-order valence-electron chi connectivity index (χ2n) is 4.16. The molecule has 1 aromatic heterocycles. The van der Waals surface area contributed by atoms with Gasteiger partial charge < -0.3 is 4.90 Å². The highest BCUT2D eigenvalue weighted by Gasteiger charge is 2.31. The molecule has 0 unspecified atom stereocenters. The van der Waals surface area contributed by atoms with Gasteiger partial charge in [-0.05, 0) is 26.8 Å². The van der Waals surface area contributed by atoms with Crippen LogP contribution >= 0.6 is 0 Å². The van der Waals surface area contributed by atoms with Crippen LogP contribution in [0.15, 0.2) is 12.3 Å². The highest BCUT2D eigenvalue weighted by molar-refractivity contribution is 5.83. The molecule has 78 valence electrons. The third-order valence-electron chi connectivity index (χ3n) is 2.22. The molecule has 0 atom stereocenters. The van der Waals surface area contributed by atoms with Crippen LogP contribution in [0.5, 0.6) is 0 Å². The molecule has 0 aliphatic heterocycles. The summed E-state index contributed by atoms with van der Waals surface area (Å²) >= 11 is 0. The third kappa shape index (κ3) is 1.78. The molecular formula is C10H17N3O. The van der Waals surface area contributed by atoms with Gasteiger partial charge in [-0.2, -0.15) is 5.10 Å². The Kier molecular flexibility index (Phi) is 2.64. The molecule has 0 aliphatic carbocycles. The summed E-state index contributed by atoms with van der Waals surface area (Å²) in [5, 5.41) is 4.26. The molecule has 1 aromatic rings. The van der Waals surface area contributed by atoms with Gasteiger partial charge in [-0.3, -0.25) is 9.48 Å².